The highest BCUT2D eigenvalue weighted by Crippen LogP contribution is 2.40. The molecule has 0 aliphatic heterocycles. The van der Waals surface area contributed by atoms with Crippen molar-refractivity contribution in [3.63, 3.8) is 0 Å². The maximum Gasteiger partial charge on any atom is 0.315 e. The Balaban J connectivity index is 1.73. The number of rotatable bonds is 4. The second-order valence-corrected chi connectivity index (χ2v) is 7.25. The zero-order chi connectivity index (χ0) is 22.3. The van der Waals surface area contributed by atoms with Gasteiger partial charge in [-0.3, -0.25) is 15.1 Å². The molecule has 7 nitrogen and oxygen atoms in total. The molecule has 0 fully saturated rings. The molecular formula is C22H15ClFN3O4. The number of benzene rings is 3. The number of halogens is 2. The molecule has 0 spiro atoms. The van der Waals surface area contributed by atoms with Crippen LogP contribution < -0.4 is 0 Å². The fourth-order valence-electron chi connectivity index (χ4n) is 3.25. The Labute approximate surface area is 180 Å². The molecule has 0 saturated carbocycles. The van der Waals surface area contributed by atoms with Crippen LogP contribution in [0, 0.1) is 29.8 Å². The monoisotopic (exact) mass is 439 g/mol. The predicted molar refractivity (Wildman–Crippen MR) is 116 cm³/mol. The highest BCUT2D eigenvalue weighted by atomic mass is 35.5. The normalized spacial score (nSPS) is 11.5. The van der Waals surface area contributed by atoms with Gasteiger partial charge >= 0.3 is 5.69 Å². The van der Waals surface area contributed by atoms with Crippen LogP contribution in [0.1, 0.15) is 16.7 Å². The molecule has 0 atom stereocenters. The molecule has 156 valence electrons. The average Bonchev–Trinajstić information content (AvgIpc) is 3.15. The molecule has 3 aromatic carbocycles. The summed E-state index contributed by atoms with van der Waals surface area (Å²) >= 11 is 6.21. The van der Waals surface area contributed by atoms with E-state index in [1.807, 2.05) is 0 Å². The van der Waals surface area contributed by atoms with Crippen molar-refractivity contribution in [1.82, 2.24) is 4.98 Å². The van der Waals surface area contributed by atoms with Gasteiger partial charge < -0.3 is 9.52 Å². The number of nitro groups is 1. The number of nitro benzene ring substituents is 1. The summed E-state index contributed by atoms with van der Waals surface area (Å²) in [6, 6.07) is 10.9. The first-order valence-electron chi connectivity index (χ1n) is 9.13. The summed E-state index contributed by atoms with van der Waals surface area (Å²) in [5.41, 5.74) is 2.34. The third-order valence-corrected chi connectivity index (χ3v) is 5.43. The minimum atomic E-state index is -0.678. The molecule has 1 aromatic heterocycles. The Kier molecular flexibility index (Phi) is 5.16. The molecule has 1 N–H and O–H groups in total. The maximum absolute atomic E-state index is 13.5. The van der Waals surface area contributed by atoms with Gasteiger partial charge in [0.25, 0.3) is 0 Å². The van der Waals surface area contributed by atoms with Gasteiger partial charge in [0.15, 0.2) is 5.58 Å². The molecule has 0 saturated heterocycles. The summed E-state index contributed by atoms with van der Waals surface area (Å²) in [6.45, 7) is 3.12. The SMILES string of the molecule is Cc1c(Cl)c(C)c([N+](=O)[O-])c(O)c1C=Nc1ccc2oc(-c3cccc(F)c3)nc2c1. The lowest BCUT2D eigenvalue weighted by Crippen LogP contribution is -1.99. The number of fused-ring (bicyclic) bond motifs is 1. The van der Waals surface area contributed by atoms with Crippen molar-refractivity contribution in [3.8, 4) is 17.2 Å². The topological polar surface area (TPSA) is 102 Å². The summed E-state index contributed by atoms with van der Waals surface area (Å²) in [4.78, 5) is 19.3. The largest absolute Gasteiger partial charge is 0.502 e. The van der Waals surface area contributed by atoms with Crippen molar-refractivity contribution in [2.75, 3.05) is 0 Å². The molecule has 0 unspecified atom stereocenters. The van der Waals surface area contributed by atoms with E-state index in [0.717, 1.165) is 0 Å². The summed E-state index contributed by atoms with van der Waals surface area (Å²) in [6.07, 6.45) is 1.32. The first-order chi connectivity index (χ1) is 14.8. The third kappa shape index (κ3) is 3.73. The van der Waals surface area contributed by atoms with Crippen molar-refractivity contribution in [3.05, 3.63) is 80.1 Å². The average molecular weight is 440 g/mol. The van der Waals surface area contributed by atoms with Crippen LogP contribution in [0.4, 0.5) is 15.8 Å². The van der Waals surface area contributed by atoms with Crippen LogP contribution in [-0.4, -0.2) is 21.2 Å². The van der Waals surface area contributed by atoms with Gasteiger partial charge in [0.1, 0.15) is 11.3 Å². The van der Waals surface area contributed by atoms with Crippen LogP contribution >= 0.6 is 11.6 Å². The number of phenols is 1. The third-order valence-electron chi connectivity index (χ3n) is 4.87. The Morgan fingerprint density at radius 1 is 1.23 bits per heavy atom. The van der Waals surface area contributed by atoms with Gasteiger partial charge in [-0.25, -0.2) is 9.37 Å². The molecule has 0 aliphatic rings. The van der Waals surface area contributed by atoms with E-state index in [2.05, 4.69) is 9.98 Å². The minimum absolute atomic E-state index is 0.156. The number of nitrogens with zero attached hydrogens (tertiary/aromatic N) is 3. The number of aliphatic imine (C=N–C) groups is 1. The highest BCUT2D eigenvalue weighted by molar-refractivity contribution is 6.33. The Morgan fingerprint density at radius 2 is 2.00 bits per heavy atom. The summed E-state index contributed by atoms with van der Waals surface area (Å²) in [5, 5.41) is 21.9. The van der Waals surface area contributed by atoms with Gasteiger partial charge in [0.05, 0.1) is 15.6 Å². The van der Waals surface area contributed by atoms with Gasteiger partial charge in [-0.05, 0) is 55.8 Å². The first-order valence-corrected chi connectivity index (χ1v) is 9.50. The number of hydrogen-bond acceptors (Lipinski definition) is 6. The predicted octanol–water partition coefficient (Wildman–Crippen LogP) is 6.27. The molecular weight excluding hydrogens is 425 g/mol. The molecule has 4 aromatic rings. The summed E-state index contributed by atoms with van der Waals surface area (Å²) < 4.78 is 19.1. The Hall–Kier alpha value is -3.78. The fraction of sp³-hybridized carbons (Fsp3) is 0.0909. The zero-order valence-electron chi connectivity index (χ0n) is 16.4. The lowest BCUT2D eigenvalue weighted by atomic mass is 10.0. The summed E-state index contributed by atoms with van der Waals surface area (Å²) in [7, 11) is 0. The number of aromatic hydroxyl groups is 1. The molecule has 0 radical (unpaired) electrons. The molecule has 4 rings (SSSR count). The van der Waals surface area contributed by atoms with Crippen molar-refractivity contribution < 1.29 is 18.8 Å². The zero-order valence-corrected chi connectivity index (χ0v) is 17.1. The van der Waals surface area contributed by atoms with Crippen molar-refractivity contribution in [2.45, 2.75) is 13.8 Å². The van der Waals surface area contributed by atoms with E-state index in [4.69, 9.17) is 16.0 Å². The van der Waals surface area contributed by atoms with E-state index < -0.39 is 22.2 Å². The first kappa shape index (κ1) is 20.5. The second-order valence-electron chi connectivity index (χ2n) is 6.87. The van der Waals surface area contributed by atoms with E-state index >= 15 is 0 Å². The highest BCUT2D eigenvalue weighted by Gasteiger charge is 2.25. The molecule has 1 heterocycles. The van der Waals surface area contributed by atoms with Crippen LogP contribution in [0.25, 0.3) is 22.6 Å². The summed E-state index contributed by atoms with van der Waals surface area (Å²) in [5.74, 6) is -0.625. The Bertz CT molecular complexity index is 1380. The lowest BCUT2D eigenvalue weighted by molar-refractivity contribution is -0.386. The van der Waals surface area contributed by atoms with Crippen LogP contribution in [0.5, 0.6) is 5.75 Å². The second kappa shape index (κ2) is 7.81. The van der Waals surface area contributed by atoms with Crippen LogP contribution in [0.2, 0.25) is 5.02 Å². The number of hydrogen-bond donors (Lipinski definition) is 1. The number of phenolic OH excluding ortho intramolecular Hbond substituents is 1. The van der Waals surface area contributed by atoms with Gasteiger partial charge in [0, 0.05) is 22.9 Å². The quantitative estimate of drug-likeness (QED) is 0.229. The van der Waals surface area contributed by atoms with Gasteiger partial charge in [-0.15, -0.1) is 0 Å². The number of aromatic nitrogens is 1. The maximum atomic E-state index is 13.5. The molecule has 0 bridgehead atoms. The van der Waals surface area contributed by atoms with Crippen LogP contribution in [0.3, 0.4) is 0 Å². The van der Waals surface area contributed by atoms with Crippen molar-refractivity contribution in [2.24, 2.45) is 4.99 Å². The molecule has 0 aliphatic carbocycles. The van der Waals surface area contributed by atoms with Gasteiger partial charge in [-0.1, -0.05) is 17.7 Å². The van der Waals surface area contributed by atoms with E-state index in [9.17, 15) is 19.6 Å². The standard InChI is InChI=1S/C22H15ClFN3O4/c1-11-16(21(28)20(27(29)30)12(2)19(11)23)10-25-15-6-7-18-17(9-15)26-22(31-18)13-4-3-5-14(24)8-13/h3-10,28H,1-2H3. The lowest BCUT2D eigenvalue weighted by Gasteiger charge is -2.10. The Morgan fingerprint density at radius 3 is 2.71 bits per heavy atom. The van der Waals surface area contributed by atoms with Crippen molar-refractivity contribution >= 4 is 40.3 Å². The smallest absolute Gasteiger partial charge is 0.315 e. The van der Waals surface area contributed by atoms with E-state index in [-0.39, 0.29) is 22.0 Å². The minimum Gasteiger partial charge on any atom is -0.502 e. The van der Waals surface area contributed by atoms with E-state index in [0.29, 0.717) is 27.9 Å². The number of oxazole rings is 1. The molecule has 9 heteroatoms. The van der Waals surface area contributed by atoms with Crippen LogP contribution in [-0.2, 0) is 0 Å². The van der Waals surface area contributed by atoms with Crippen molar-refractivity contribution in [1.29, 1.82) is 0 Å². The van der Waals surface area contributed by atoms with Crippen LogP contribution in [0.15, 0.2) is 51.9 Å². The van der Waals surface area contributed by atoms with E-state index in [1.165, 1.54) is 25.3 Å². The van der Waals surface area contributed by atoms with Gasteiger partial charge in [0.2, 0.25) is 11.6 Å². The van der Waals surface area contributed by atoms with E-state index in [1.54, 1.807) is 37.3 Å². The fourth-order valence-corrected chi connectivity index (χ4v) is 3.44. The van der Waals surface area contributed by atoms with Gasteiger partial charge in [-0.2, -0.15) is 0 Å². The molecule has 0 amide bonds. The molecule has 31 heavy (non-hydrogen) atoms.